The van der Waals surface area contributed by atoms with E-state index in [4.69, 9.17) is 0 Å². The molecular formula is C18H24N4O. The van der Waals surface area contributed by atoms with Crippen molar-refractivity contribution in [1.82, 2.24) is 14.9 Å². The van der Waals surface area contributed by atoms with E-state index < -0.39 is 0 Å². The summed E-state index contributed by atoms with van der Waals surface area (Å²) in [6.07, 6.45) is 8.38. The van der Waals surface area contributed by atoms with Crippen LogP contribution in [0.5, 0.6) is 0 Å². The molecule has 1 amide bonds. The highest BCUT2D eigenvalue weighted by molar-refractivity contribution is 5.91. The van der Waals surface area contributed by atoms with Crippen molar-refractivity contribution < 1.29 is 4.79 Å². The number of aromatic nitrogens is 2. The Morgan fingerprint density at radius 2 is 2.43 bits per heavy atom. The number of anilines is 1. The summed E-state index contributed by atoms with van der Waals surface area (Å²) < 4.78 is 1.92. The number of imidazole rings is 1. The van der Waals surface area contributed by atoms with Gasteiger partial charge >= 0.3 is 0 Å². The lowest BCUT2D eigenvalue weighted by molar-refractivity contribution is -0.117. The quantitative estimate of drug-likeness (QED) is 0.892. The van der Waals surface area contributed by atoms with Crippen LogP contribution < -0.4 is 10.6 Å². The van der Waals surface area contributed by atoms with E-state index in [0.717, 1.165) is 24.5 Å². The number of rotatable bonds is 5. The van der Waals surface area contributed by atoms with Crippen LogP contribution in [0.2, 0.25) is 0 Å². The normalized spacial score (nSPS) is 19.3. The molecule has 23 heavy (non-hydrogen) atoms. The van der Waals surface area contributed by atoms with Gasteiger partial charge in [0.25, 0.3) is 0 Å². The molecule has 2 unspecified atom stereocenters. The first kappa shape index (κ1) is 15.7. The van der Waals surface area contributed by atoms with Crippen LogP contribution in [-0.4, -0.2) is 28.5 Å². The highest BCUT2D eigenvalue weighted by Crippen LogP contribution is 2.23. The lowest BCUT2D eigenvalue weighted by Gasteiger charge is -2.28. The average molecular weight is 312 g/mol. The number of nitrogens with zero attached hydrogens (tertiary/aromatic N) is 2. The predicted octanol–water partition coefficient (Wildman–Crippen LogP) is 2.84. The third-order valence-electron chi connectivity index (χ3n) is 4.58. The van der Waals surface area contributed by atoms with Gasteiger partial charge in [0.05, 0.1) is 6.33 Å². The van der Waals surface area contributed by atoms with Crippen molar-refractivity contribution >= 4 is 11.6 Å². The molecular weight excluding hydrogens is 288 g/mol. The minimum absolute atomic E-state index is 0.0888. The van der Waals surface area contributed by atoms with Gasteiger partial charge in [-0.3, -0.25) is 4.79 Å². The van der Waals surface area contributed by atoms with Gasteiger partial charge in [-0.05, 0) is 56.0 Å². The maximum atomic E-state index is 12.3. The topological polar surface area (TPSA) is 59.0 Å². The molecule has 1 aromatic heterocycles. The molecule has 0 saturated carbocycles. The number of carbonyl (C=O) groups excluding carboxylic acids is 1. The molecule has 0 bridgehead atoms. The van der Waals surface area contributed by atoms with Crippen LogP contribution in [0.1, 0.15) is 26.2 Å². The summed E-state index contributed by atoms with van der Waals surface area (Å²) in [6, 6.07) is 7.82. The molecule has 0 aliphatic carbocycles. The Hall–Kier alpha value is -2.14. The SMILES string of the molecule is CC(CC(=O)Nc1cccc(-n2ccnc2)c1)C1CCCNC1. The first-order valence-corrected chi connectivity index (χ1v) is 8.31. The summed E-state index contributed by atoms with van der Waals surface area (Å²) in [5.74, 6) is 1.09. The smallest absolute Gasteiger partial charge is 0.224 e. The van der Waals surface area contributed by atoms with Gasteiger partial charge in [-0.15, -0.1) is 0 Å². The Morgan fingerprint density at radius 3 is 3.17 bits per heavy atom. The second-order valence-corrected chi connectivity index (χ2v) is 6.36. The Morgan fingerprint density at radius 1 is 1.52 bits per heavy atom. The van der Waals surface area contributed by atoms with E-state index in [0.29, 0.717) is 18.3 Å². The van der Waals surface area contributed by atoms with Crippen molar-refractivity contribution in [1.29, 1.82) is 0 Å². The van der Waals surface area contributed by atoms with Gasteiger partial charge in [-0.25, -0.2) is 4.98 Å². The van der Waals surface area contributed by atoms with Gasteiger partial charge in [0, 0.05) is 30.2 Å². The fourth-order valence-electron chi connectivity index (χ4n) is 3.19. The molecule has 1 aromatic carbocycles. The van der Waals surface area contributed by atoms with Crippen LogP contribution in [-0.2, 0) is 4.79 Å². The van der Waals surface area contributed by atoms with Crippen molar-refractivity contribution in [3.63, 3.8) is 0 Å². The lowest BCUT2D eigenvalue weighted by atomic mass is 9.85. The molecule has 5 nitrogen and oxygen atoms in total. The van der Waals surface area contributed by atoms with Gasteiger partial charge in [0.1, 0.15) is 0 Å². The largest absolute Gasteiger partial charge is 0.326 e. The summed E-state index contributed by atoms with van der Waals surface area (Å²) in [5.41, 5.74) is 1.82. The molecule has 2 heterocycles. The van der Waals surface area contributed by atoms with E-state index in [1.54, 1.807) is 12.5 Å². The lowest BCUT2D eigenvalue weighted by Crippen LogP contribution is -2.34. The molecule has 2 N–H and O–H groups in total. The van der Waals surface area contributed by atoms with Gasteiger partial charge in [-0.2, -0.15) is 0 Å². The Labute approximate surface area is 137 Å². The highest BCUT2D eigenvalue weighted by atomic mass is 16.1. The second-order valence-electron chi connectivity index (χ2n) is 6.36. The Kier molecular flexibility index (Phi) is 5.08. The van der Waals surface area contributed by atoms with E-state index in [1.807, 2.05) is 35.0 Å². The Bertz CT molecular complexity index is 632. The number of carbonyl (C=O) groups is 1. The van der Waals surface area contributed by atoms with Crippen molar-refractivity contribution in [2.75, 3.05) is 18.4 Å². The van der Waals surface area contributed by atoms with Gasteiger partial charge in [-0.1, -0.05) is 13.0 Å². The molecule has 2 aromatic rings. The fourth-order valence-corrected chi connectivity index (χ4v) is 3.19. The van der Waals surface area contributed by atoms with Crippen molar-refractivity contribution in [2.45, 2.75) is 26.2 Å². The summed E-state index contributed by atoms with van der Waals surface area (Å²) in [5, 5.41) is 6.44. The van der Waals surface area contributed by atoms with Crippen LogP contribution in [0.4, 0.5) is 5.69 Å². The molecule has 3 rings (SSSR count). The molecule has 0 radical (unpaired) electrons. The molecule has 2 atom stereocenters. The monoisotopic (exact) mass is 312 g/mol. The molecule has 122 valence electrons. The molecule has 0 spiro atoms. The minimum Gasteiger partial charge on any atom is -0.326 e. The number of nitrogens with one attached hydrogen (secondary N) is 2. The maximum absolute atomic E-state index is 12.3. The van der Waals surface area contributed by atoms with E-state index in [-0.39, 0.29) is 5.91 Å². The fraction of sp³-hybridized carbons (Fsp3) is 0.444. The predicted molar refractivity (Wildman–Crippen MR) is 91.6 cm³/mol. The zero-order valence-corrected chi connectivity index (χ0v) is 13.5. The molecule has 1 fully saturated rings. The average Bonchev–Trinajstić information content (AvgIpc) is 3.10. The summed E-state index contributed by atoms with van der Waals surface area (Å²) in [6.45, 7) is 4.32. The summed E-state index contributed by atoms with van der Waals surface area (Å²) in [4.78, 5) is 16.4. The maximum Gasteiger partial charge on any atom is 0.224 e. The number of hydrogen-bond donors (Lipinski definition) is 2. The zero-order valence-electron chi connectivity index (χ0n) is 13.5. The third kappa shape index (κ3) is 4.20. The number of hydrogen-bond acceptors (Lipinski definition) is 3. The van der Waals surface area contributed by atoms with Crippen LogP contribution >= 0.6 is 0 Å². The van der Waals surface area contributed by atoms with Crippen molar-refractivity contribution in [3.05, 3.63) is 43.0 Å². The zero-order chi connectivity index (χ0) is 16.1. The van der Waals surface area contributed by atoms with Crippen LogP contribution in [0, 0.1) is 11.8 Å². The molecule has 1 aliphatic rings. The molecule has 1 saturated heterocycles. The molecule has 1 aliphatic heterocycles. The number of piperidine rings is 1. The van der Waals surface area contributed by atoms with Crippen LogP contribution in [0.15, 0.2) is 43.0 Å². The van der Waals surface area contributed by atoms with E-state index >= 15 is 0 Å². The first-order valence-electron chi connectivity index (χ1n) is 8.31. The van der Waals surface area contributed by atoms with E-state index in [1.165, 1.54) is 12.8 Å². The Balaban J connectivity index is 1.58. The number of benzene rings is 1. The van der Waals surface area contributed by atoms with E-state index in [9.17, 15) is 4.79 Å². The van der Waals surface area contributed by atoms with Crippen molar-refractivity contribution in [2.24, 2.45) is 11.8 Å². The van der Waals surface area contributed by atoms with Gasteiger partial charge < -0.3 is 15.2 Å². The van der Waals surface area contributed by atoms with Gasteiger partial charge in [0.2, 0.25) is 5.91 Å². The van der Waals surface area contributed by atoms with Gasteiger partial charge in [0.15, 0.2) is 0 Å². The highest BCUT2D eigenvalue weighted by Gasteiger charge is 2.22. The third-order valence-corrected chi connectivity index (χ3v) is 4.58. The molecule has 5 heteroatoms. The standard InChI is InChI=1S/C18H24N4O/c1-14(15-4-3-7-19-12-15)10-18(23)21-16-5-2-6-17(11-16)22-9-8-20-13-22/h2,5-6,8-9,11,13-15,19H,3-4,7,10,12H2,1H3,(H,21,23). The van der Waals surface area contributed by atoms with Crippen LogP contribution in [0.3, 0.4) is 0 Å². The van der Waals surface area contributed by atoms with Crippen molar-refractivity contribution in [3.8, 4) is 5.69 Å². The summed E-state index contributed by atoms with van der Waals surface area (Å²) in [7, 11) is 0. The second kappa shape index (κ2) is 7.42. The minimum atomic E-state index is 0.0888. The number of amides is 1. The van der Waals surface area contributed by atoms with E-state index in [2.05, 4.69) is 22.5 Å². The first-order chi connectivity index (χ1) is 11.2. The van der Waals surface area contributed by atoms with Crippen LogP contribution in [0.25, 0.3) is 5.69 Å². The summed E-state index contributed by atoms with van der Waals surface area (Å²) >= 11 is 0.